The van der Waals surface area contributed by atoms with Crippen molar-refractivity contribution in [3.63, 3.8) is 0 Å². The van der Waals surface area contributed by atoms with Crippen molar-refractivity contribution < 1.29 is 8.83 Å². The molecule has 6 heteroatoms. The molecule has 17 aromatic carbocycles. The van der Waals surface area contributed by atoms with E-state index in [4.69, 9.17) is 8.83 Å². The molecule has 0 fully saturated rings. The monoisotopic (exact) mass is 1540 g/mol. The first-order chi connectivity index (χ1) is 55.9. The Kier molecular flexibility index (Phi) is 20.5. The molecule has 0 saturated carbocycles. The number of fused-ring (bicyclic) bond motifs is 18. The molecule has 0 atom stereocenters. The van der Waals surface area contributed by atoms with Crippen LogP contribution in [0.4, 0.5) is 0 Å². The zero-order chi connectivity index (χ0) is 77.2. The van der Waals surface area contributed by atoms with Gasteiger partial charge in [-0.1, -0.05) is 325 Å². The van der Waals surface area contributed by atoms with Gasteiger partial charge >= 0.3 is 0 Å². The summed E-state index contributed by atoms with van der Waals surface area (Å²) in [4.78, 5) is 0. The fourth-order valence-electron chi connectivity index (χ4n) is 15.4. The zero-order valence-corrected chi connectivity index (χ0v) is 67.5. The quantitative estimate of drug-likeness (QED) is 0.172. The van der Waals surface area contributed by atoms with Crippen molar-refractivity contribution in [3.05, 3.63) is 409 Å². The van der Waals surface area contributed by atoms with Gasteiger partial charge in [-0.3, -0.25) is 0 Å². The van der Waals surface area contributed by atoms with Gasteiger partial charge in [-0.15, -0.1) is 45.3 Å². The molecule has 6 aromatic heterocycles. The number of furan rings is 2. The fraction of sp³-hybridized carbons (Fsp3) is 0.0556. The number of para-hydroxylation sites is 2. The maximum Gasteiger partial charge on any atom is 0.135 e. The first-order valence-corrected chi connectivity index (χ1v) is 42.0. The number of thiophene rings is 4. The predicted octanol–water partition coefficient (Wildman–Crippen LogP) is 33.6. The molecular formula is C108H80O2S4. The van der Waals surface area contributed by atoms with Crippen LogP contribution in [0.15, 0.2) is 385 Å². The van der Waals surface area contributed by atoms with Gasteiger partial charge in [0, 0.05) is 102 Å². The van der Waals surface area contributed by atoms with Gasteiger partial charge in [-0.2, -0.15) is 0 Å². The normalized spacial score (nSPS) is 11.2. The van der Waals surface area contributed by atoms with Crippen LogP contribution in [0.25, 0.3) is 180 Å². The summed E-state index contributed by atoms with van der Waals surface area (Å²) in [5, 5.41) is 15.7. The van der Waals surface area contributed by atoms with Crippen molar-refractivity contribution in [2.75, 3.05) is 0 Å². The molecule has 0 saturated heterocycles. The van der Waals surface area contributed by atoms with Crippen LogP contribution in [0.3, 0.4) is 0 Å². The summed E-state index contributed by atoms with van der Waals surface area (Å²) in [5.74, 6) is 0. The molecule has 0 N–H and O–H groups in total. The number of rotatable bonds is 5. The topological polar surface area (TPSA) is 26.3 Å². The number of aryl methyl sites for hydroxylation is 6. The van der Waals surface area contributed by atoms with Crippen molar-refractivity contribution in [2.24, 2.45) is 0 Å². The molecule has 23 rings (SSSR count). The highest BCUT2D eigenvalue weighted by molar-refractivity contribution is 7.27. The maximum absolute atomic E-state index is 5.86. The smallest absolute Gasteiger partial charge is 0.135 e. The third-order valence-electron chi connectivity index (χ3n) is 21.4. The average molecular weight is 1540 g/mol. The van der Waals surface area contributed by atoms with Gasteiger partial charge in [-0.25, -0.2) is 0 Å². The summed E-state index contributed by atoms with van der Waals surface area (Å²) in [5.41, 5.74) is 24.5. The van der Waals surface area contributed by atoms with Crippen molar-refractivity contribution in [1.82, 2.24) is 0 Å². The Morgan fingerprint density at radius 1 is 0.175 bits per heavy atom. The van der Waals surface area contributed by atoms with E-state index in [1.807, 2.05) is 87.8 Å². The standard InChI is InChI=1S/C19H14O.4C19H14S.C13H10O/c1-13-6-8-14(9-7-13)15-10-11-19-17(12-15)16-4-2-3-5-18(16)20-19;1-13-9-11-14(12-10-13)15-6-4-7-17-16-5-2-3-8-18(16)20-19(15)17;1-13-9-11-14(12-10-13)15-6-4-8-18-19(15)16-5-2-3-7-17(16)20-18;1-13-6-8-14(9-7-13)15-10-11-19-17(12-15)16-4-2-3-5-18(16)20-19;1-13-6-8-14(9-7-13)15-10-11-17-16-4-2-3-5-18(16)20-19(17)12-15;1-9-5-4-8-12-13(9)10-6-2-3-7-11(10)14-12/h5*2-12H,1H3;2-8H,1H3. The molecule has 0 amide bonds. The minimum atomic E-state index is 0.946. The Morgan fingerprint density at radius 3 is 1.11 bits per heavy atom. The van der Waals surface area contributed by atoms with Gasteiger partial charge < -0.3 is 8.83 Å². The van der Waals surface area contributed by atoms with Crippen LogP contribution < -0.4 is 0 Å². The highest BCUT2D eigenvalue weighted by Crippen LogP contribution is 2.44. The van der Waals surface area contributed by atoms with E-state index >= 15 is 0 Å². The minimum Gasteiger partial charge on any atom is -0.456 e. The first kappa shape index (κ1) is 72.7. The van der Waals surface area contributed by atoms with Crippen molar-refractivity contribution in [2.45, 2.75) is 41.5 Å². The Hall–Kier alpha value is -12.8. The third kappa shape index (κ3) is 15.0. The fourth-order valence-corrected chi connectivity index (χ4v) is 20.0. The second-order valence-electron chi connectivity index (χ2n) is 29.4. The predicted molar refractivity (Wildman–Crippen MR) is 500 cm³/mol. The molecule has 2 nitrogen and oxygen atoms in total. The van der Waals surface area contributed by atoms with Crippen LogP contribution in [0.5, 0.6) is 0 Å². The van der Waals surface area contributed by atoms with Crippen molar-refractivity contribution in [3.8, 4) is 55.6 Å². The zero-order valence-electron chi connectivity index (χ0n) is 64.2. The lowest BCUT2D eigenvalue weighted by Gasteiger charge is -2.05. The van der Waals surface area contributed by atoms with Crippen molar-refractivity contribution >= 4 is 170 Å². The van der Waals surface area contributed by atoms with Crippen LogP contribution in [0.2, 0.25) is 0 Å². The second kappa shape index (κ2) is 32.1. The van der Waals surface area contributed by atoms with Crippen LogP contribution in [0.1, 0.15) is 33.4 Å². The summed E-state index contributed by atoms with van der Waals surface area (Å²) in [6, 6.07) is 134. The lowest BCUT2D eigenvalue weighted by molar-refractivity contribution is 0.668. The molecule has 0 unspecified atom stereocenters. The van der Waals surface area contributed by atoms with E-state index in [9.17, 15) is 0 Å². The lowest BCUT2D eigenvalue weighted by Crippen LogP contribution is -1.80. The molecule has 114 heavy (non-hydrogen) atoms. The van der Waals surface area contributed by atoms with Gasteiger partial charge in [0.05, 0.1) is 0 Å². The Morgan fingerprint density at radius 2 is 0.518 bits per heavy atom. The van der Waals surface area contributed by atoms with E-state index in [1.165, 1.54) is 191 Å². The molecule has 548 valence electrons. The largest absolute Gasteiger partial charge is 0.456 e. The molecular weight excluding hydrogens is 1460 g/mol. The summed E-state index contributed by atoms with van der Waals surface area (Å²) in [6.07, 6.45) is 0. The van der Waals surface area contributed by atoms with Crippen LogP contribution in [-0.2, 0) is 0 Å². The number of benzene rings is 17. The van der Waals surface area contributed by atoms with E-state index < -0.39 is 0 Å². The Balaban J connectivity index is 0.0000000954. The summed E-state index contributed by atoms with van der Waals surface area (Å²) >= 11 is 7.50. The molecule has 0 radical (unpaired) electrons. The van der Waals surface area contributed by atoms with E-state index in [0.29, 0.717) is 0 Å². The molecule has 0 bridgehead atoms. The summed E-state index contributed by atoms with van der Waals surface area (Å²) < 4.78 is 22.5. The van der Waals surface area contributed by atoms with E-state index in [-0.39, 0.29) is 0 Å². The summed E-state index contributed by atoms with van der Waals surface area (Å²) in [6.45, 7) is 12.7. The summed E-state index contributed by atoms with van der Waals surface area (Å²) in [7, 11) is 0. The molecule has 23 aromatic rings. The SMILES string of the molecule is Cc1ccc(-c2ccc3c(c2)sc2ccccc23)cc1.Cc1ccc(-c2ccc3oc4ccccc4c3c2)cc1.Cc1ccc(-c2ccc3sc4ccccc4c3c2)cc1.Cc1ccc(-c2cccc3c2sc2ccccc23)cc1.Cc1ccc(-c2cccc3sc4ccccc4c23)cc1.Cc1cccc2oc3ccccc3c12. The molecule has 0 aliphatic heterocycles. The Bertz CT molecular complexity index is 7200. The molecule has 0 spiro atoms. The minimum absolute atomic E-state index is 0.946. The van der Waals surface area contributed by atoms with Crippen molar-refractivity contribution in [1.29, 1.82) is 0 Å². The highest BCUT2D eigenvalue weighted by atomic mass is 32.1. The Labute approximate surface area is 680 Å². The third-order valence-corrected chi connectivity index (χ3v) is 26.1. The van der Waals surface area contributed by atoms with E-state index in [0.717, 1.165) is 22.3 Å². The number of hydrogen-bond donors (Lipinski definition) is 0. The van der Waals surface area contributed by atoms with Gasteiger partial charge in [0.2, 0.25) is 0 Å². The van der Waals surface area contributed by atoms with Crippen LogP contribution in [0, 0.1) is 41.5 Å². The van der Waals surface area contributed by atoms with E-state index in [2.05, 4.69) is 375 Å². The maximum atomic E-state index is 5.86. The molecule has 6 heterocycles. The van der Waals surface area contributed by atoms with Crippen LogP contribution >= 0.6 is 45.3 Å². The van der Waals surface area contributed by atoms with Gasteiger partial charge in [-0.05, 0) is 182 Å². The second-order valence-corrected chi connectivity index (χ2v) is 33.7. The van der Waals surface area contributed by atoms with E-state index in [1.54, 1.807) is 0 Å². The van der Waals surface area contributed by atoms with Gasteiger partial charge in [0.15, 0.2) is 0 Å². The van der Waals surface area contributed by atoms with Gasteiger partial charge in [0.25, 0.3) is 0 Å². The molecule has 0 aliphatic carbocycles. The highest BCUT2D eigenvalue weighted by Gasteiger charge is 2.15. The average Bonchev–Trinajstić information content (AvgIpc) is 1.75. The number of hydrogen-bond acceptors (Lipinski definition) is 6. The van der Waals surface area contributed by atoms with Crippen LogP contribution in [-0.4, -0.2) is 0 Å². The van der Waals surface area contributed by atoms with Gasteiger partial charge in [0.1, 0.15) is 22.3 Å². The first-order valence-electron chi connectivity index (χ1n) is 38.7. The molecule has 0 aliphatic rings. The lowest BCUT2D eigenvalue weighted by atomic mass is 9.99.